The lowest BCUT2D eigenvalue weighted by atomic mass is 10.0. The first-order chi connectivity index (χ1) is 15.5. The molecule has 0 aliphatic heterocycles. The maximum Gasteiger partial charge on any atom is 0.446 e. The van der Waals surface area contributed by atoms with Crippen LogP contribution in [0.2, 0.25) is 0 Å². The molecule has 0 spiro atoms. The SMILES string of the molecule is Cc1cc(C=CC(=O)c2ccc(SC(F)(F)F)cc2)cc(C)c1OC(C)(C)C(=O)OC(C)(C)C. The van der Waals surface area contributed by atoms with Crippen molar-refractivity contribution in [2.24, 2.45) is 0 Å². The van der Waals surface area contributed by atoms with Crippen LogP contribution in [0.4, 0.5) is 13.2 Å². The van der Waals surface area contributed by atoms with Gasteiger partial charge < -0.3 is 9.47 Å². The zero-order chi connectivity index (χ0) is 25.9. The second kappa shape index (κ2) is 10.3. The van der Waals surface area contributed by atoms with E-state index in [1.54, 1.807) is 40.7 Å². The fourth-order valence-electron chi connectivity index (χ4n) is 3.03. The molecule has 0 aliphatic rings. The molecule has 184 valence electrons. The molecule has 2 rings (SSSR count). The molecule has 2 aromatic carbocycles. The number of thioether (sulfide) groups is 1. The van der Waals surface area contributed by atoms with Crippen LogP contribution in [0.5, 0.6) is 5.75 Å². The first kappa shape index (κ1) is 27.5. The van der Waals surface area contributed by atoms with E-state index in [4.69, 9.17) is 9.47 Å². The highest BCUT2D eigenvalue weighted by Gasteiger charge is 2.35. The molecular weight excluding hydrogens is 465 g/mol. The third-order valence-electron chi connectivity index (χ3n) is 4.53. The van der Waals surface area contributed by atoms with E-state index in [1.165, 1.54) is 30.3 Å². The maximum atomic E-state index is 12.5. The first-order valence-corrected chi connectivity index (χ1v) is 11.4. The number of hydrogen-bond donors (Lipinski definition) is 0. The summed E-state index contributed by atoms with van der Waals surface area (Å²) >= 11 is -0.226. The van der Waals surface area contributed by atoms with E-state index in [1.807, 2.05) is 26.0 Å². The molecule has 0 fully saturated rings. The number of ketones is 1. The van der Waals surface area contributed by atoms with Gasteiger partial charge in [0.2, 0.25) is 0 Å². The smallest absolute Gasteiger partial charge is 0.446 e. The number of carbonyl (C=O) groups is 2. The van der Waals surface area contributed by atoms with Gasteiger partial charge in [-0.05, 0) is 119 Å². The van der Waals surface area contributed by atoms with Gasteiger partial charge in [-0.1, -0.05) is 6.08 Å². The minimum absolute atomic E-state index is 0.0178. The molecule has 0 aliphatic carbocycles. The third kappa shape index (κ3) is 8.24. The zero-order valence-electron chi connectivity index (χ0n) is 20.3. The van der Waals surface area contributed by atoms with Crippen molar-refractivity contribution in [3.8, 4) is 5.75 Å². The number of alkyl halides is 3. The zero-order valence-corrected chi connectivity index (χ0v) is 21.1. The van der Waals surface area contributed by atoms with Crippen LogP contribution in [0.1, 0.15) is 61.7 Å². The molecule has 0 radical (unpaired) electrons. The standard InChI is InChI=1S/C26H29F3O4S/c1-16-14-18(8-13-21(30)19-9-11-20(12-10-19)34-26(27,28)29)15-17(2)22(16)32-25(6,7)23(31)33-24(3,4)5/h8-15H,1-7H3. The minimum Gasteiger partial charge on any atom is -0.476 e. The summed E-state index contributed by atoms with van der Waals surface area (Å²) in [6, 6.07) is 8.92. The van der Waals surface area contributed by atoms with Crippen molar-refractivity contribution in [2.45, 2.75) is 70.1 Å². The summed E-state index contributed by atoms with van der Waals surface area (Å²) in [4.78, 5) is 25.0. The van der Waals surface area contributed by atoms with Crippen LogP contribution in [0.3, 0.4) is 0 Å². The summed E-state index contributed by atoms with van der Waals surface area (Å²) in [6.45, 7) is 12.3. The Morgan fingerprint density at radius 3 is 1.91 bits per heavy atom. The lowest BCUT2D eigenvalue weighted by Gasteiger charge is -2.30. The molecule has 0 unspecified atom stereocenters. The topological polar surface area (TPSA) is 52.6 Å². The predicted octanol–water partition coefficient (Wildman–Crippen LogP) is 7.31. The molecule has 8 heteroatoms. The van der Waals surface area contributed by atoms with E-state index < -0.39 is 22.7 Å². The van der Waals surface area contributed by atoms with Crippen LogP contribution in [-0.2, 0) is 9.53 Å². The molecule has 34 heavy (non-hydrogen) atoms. The van der Waals surface area contributed by atoms with E-state index in [9.17, 15) is 22.8 Å². The van der Waals surface area contributed by atoms with E-state index in [0.717, 1.165) is 16.7 Å². The first-order valence-electron chi connectivity index (χ1n) is 10.6. The summed E-state index contributed by atoms with van der Waals surface area (Å²) in [7, 11) is 0. The van der Waals surface area contributed by atoms with Crippen molar-refractivity contribution in [1.82, 2.24) is 0 Å². The van der Waals surface area contributed by atoms with Gasteiger partial charge in [0.25, 0.3) is 0 Å². The normalized spacial score (nSPS) is 12.6. The number of benzene rings is 2. The van der Waals surface area contributed by atoms with Crippen molar-refractivity contribution in [1.29, 1.82) is 0 Å². The van der Waals surface area contributed by atoms with Gasteiger partial charge in [0.15, 0.2) is 11.4 Å². The molecule has 0 N–H and O–H groups in total. The average Bonchev–Trinajstić information content (AvgIpc) is 2.67. The van der Waals surface area contributed by atoms with Crippen molar-refractivity contribution >= 4 is 29.6 Å². The van der Waals surface area contributed by atoms with Crippen molar-refractivity contribution < 1.29 is 32.2 Å². The lowest BCUT2D eigenvalue weighted by molar-refractivity contribution is -0.171. The van der Waals surface area contributed by atoms with Gasteiger partial charge in [0, 0.05) is 10.5 Å². The Bertz CT molecular complexity index is 1060. The predicted molar refractivity (Wildman–Crippen MR) is 128 cm³/mol. The van der Waals surface area contributed by atoms with E-state index in [2.05, 4.69) is 0 Å². The third-order valence-corrected chi connectivity index (χ3v) is 5.27. The van der Waals surface area contributed by atoms with Gasteiger partial charge in [-0.2, -0.15) is 13.2 Å². The largest absolute Gasteiger partial charge is 0.476 e. The molecule has 0 atom stereocenters. The number of carbonyl (C=O) groups excluding carboxylic acids is 2. The van der Waals surface area contributed by atoms with Crippen LogP contribution in [0, 0.1) is 13.8 Å². The molecule has 0 aromatic heterocycles. The second-order valence-electron chi connectivity index (χ2n) is 9.37. The fraction of sp³-hybridized carbons (Fsp3) is 0.385. The van der Waals surface area contributed by atoms with Gasteiger partial charge in [0.05, 0.1) is 0 Å². The van der Waals surface area contributed by atoms with E-state index >= 15 is 0 Å². The molecule has 0 amide bonds. The Hall–Kier alpha value is -2.74. The van der Waals surface area contributed by atoms with E-state index in [0.29, 0.717) is 5.75 Å². The maximum absolute atomic E-state index is 12.5. The monoisotopic (exact) mass is 494 g/mol. The number of halogens is 3. The van der Waals surface area contributed by atoms with Gasteiger partial charge in [-0.3, -0.25) is 4.79 Å². The van der Waals surface area contributed by atoms with Crippen LogP contribution >= 0.6 is 11.8 Å². The summed E-state index contributed by atoms with van der Waals surface area (Å²) in [5.74, 6) is -0.254. The quantitative estimate of drug-likeness (QED) is 0.175. The Morgan fingerprint density at radius 1 is 0.912 bits per heavy atom. The second-order valence-corrected chi connectivity index (χ2v) is 10.5. The number of aryl methyl sites for hydroxylation is 2. The molecule has 0 saturated heterocycles. The van der Waals surface area contributed by atoms with Crippen molar-refractivity contribution in [2.75, 3.05) is 0 Å². The van der Waals surface area contributed by atoms with Gasteiger partial charge in [-0.15, -0.1) is 0 Å². The minimum atomic E-state index is -4.38. The molecule has 0 bridgehead atoms. The van der Waals surface area contributed by atoms with E-state index in [-0.39, 0.29) is 28.0 Å². The molecule has 2 aromatic rings. The Morgan fingerprint density at radius 2 is 1.44 bits per heavy atom. The fourth-order valence-corrected chi connectivity index (χ4v) is 3.57. The highest BCUT2D eigenvalue weighted by Crippen LogP contribution is 2.36. The summed E-state index contributed by atoms with van der Waals surface area (Å²) < 4.78 is 48.8. The molecule has 4 nitrogen and oxygen atoms in total. The lowest BCUT2D eigenvalue weighted by Crippen LogP contribution is -2.43. The number of allylic oxidation sites excluding steroid dienone is 1. The summed E-state index contributed by atoms with van der Waals surface area (Å²) in [5.41, 5.74) is -3.63. The number of hydrogen-bond acceptors (Lipinski definition) is 5. The van der Waals surface area contributed by atoms with Crippen LogP contribution < -0.4 is 4.74 Å². The van der Waals surface area contributed by atoms with Crippen LogP contribution in [0.15, 0.2) is 47.4 Å². The van der Waals surface area contributed by atoms with Crippen LogP contribution in [-0.4, -0.2) is 28.5 Å². The highest BCUT2D eigenvalue weighted by molar-refractivity contribution is 8.00. The van der Waals surface area contributed by atoms with Gasteiger partial charge >= 0.3 is 11.5 Å². The van der Waals surface area contributed by atoms with Crippen LogP contribution in [0.25, 0.3) is 6.08 Å². The van der Waals surface area contributed by atoms with Crippen molar-refractivity contribution in [3.05, 3.63) is 64.7 Å². The Labute approximate surface area is 202 Å². The number of ether oxygens (including phenoxy) is 2. The molecule has 0 heterocycles. The number of rotatable bonds is 7. The average molecular weight is 495 g/mol. The number of esters is 1. The Kier molecular flexibility index (Phi) is 8.30. The molecular formula is C26H29F3O4S. The van der Waals surface area contributed by atoms with Gasteiger partial charge in [-0.25, -0.2) is 4.79 Å². The summed E-state index contributed by atoms with van der Waals surface area (Å²) in [6.07, 6.45) is 2.99. The highest BCUT2D eigenvalue weighted by atomic mass is 32.2. The Balaban J connectivity index is 2.15. The molecule has 0 saturated carbocycles. The summed E-state index contributed by atoms with van der Waals surface area (Å²) in [5, 5.41) is 0. The van der Waals surface area contributed by atoms with Crippen molar-refractivity contribution in [3.63, 3.8) is 0 Å². The van der Waals surface area contributed by atoms with Gasteiger partial charge in [0.1, 0.15) is 11.4 Å².